The molecule has 0 aliphatic heterocycles. The second-order valence-corrected chi connectivity index (χ2v) is 11.7. The third-order valence-corrected chi connectivity index (χ3v) is 6.29. The standard InChI is InChI=1S/C22H21BO3.2C5H14NO/c24-23(25)26-18-10-17-22(19-11-4-1-5-12-19,20-13-6-2-7-14-20)21-15-8-3-9-16-21;2*1-6(2,3)4-5-7/h1-9,11-16H,10,17-18H2;2*7H,4-5H2,1-3H3/q-2;2*+1. The molecule has 7 nitrogen and oxygen atoms in total. The number of quaternary nitrogens is 2. The molecular weight excluding hydrogens is 503 g/mol. The van der Waals surface area contributed by atoms with Crippen LogP contribution in [0.5, 0.6) is 0 Å². The molecule has 0 spiro atoms. The van der Waals surface area contributed by atoms with Gasteiger partial charge in [0.05, 0.1) is 62.8 Å². The topological polar surface area (TPSA) is 95.8 Å². The summed E-state index contributed by atoms with van der Waals surface area (Å²) in [4.78, 5) is 0. The van der Waals surface area contributed by atoms with Gasteiger partial charge in [-0.2, -0.15) is 0 Å². The summed E-state index contributed by atoms with van der Waals surface area (Å²) in [5, 5.41) is 38.1. The summed E-state index contributed by atoms with van der Waals surface area (Å²) in [5.41, 5.74) is 3.17. The Labute approximate surface area is 242 Å². The van der Waals surface area contributed by atoms with Crippen molar-refractivity contribution in [2.75, 3.05) is 75.2 Å². The molecule has 0 amide bonds. The second-order valence-electron chi connectivity index (χ2n) is 11.7. The SMILES string of the molecule is C[N+](C)(C)CCO.C[N+](C)(C)CCO.[O-]B([O-])OCCCC(c1ccccc1)(c1ccccc1)c1ccccc1. The maximum atomic E-state index is 10.7. The number of nitrogens with zero attached hydrogens (tertiary/aromatic N) is 2. The minimum atomic E-state index is -2.23. The first kappa shape index (κ1) is 35.5. The molecule has 0 saturated carbocycles. The van der Waals surface area contributed by atoms with Crippen LogP contribution in [0.3, 0.4) is 0 Å². The van der Waals surface area contributed by atoms with Crippen LogP contribution in [-0.2, 0) is 10.1 Å². The Bertz CT molecular complexity index is 911. The molecule has 3 aromatic carbocycles. The zero-order valence-corrected chi connectivity index (χ0v) is 25.2. The van der Waals surface area contributed by atoms with Crippen LogP contribution in [0.4, 0.5) is 0 Å². The molecule has 0 aliphatic carbocycles. The van der Waals surface area contributed by atoms with Crippen molar-refractivity contribution in [2.45, 2.75) is 18.3 Å². The predicted octanol–water partition coefficient (Wildman–Crippen LogP) is 1.89. The van der Waals surface area contributed by atoms with Crippen LogP contribution in [-0.4, -0.2) is 102 Å². The lowest BCUT2D eigenvalue weighted by atomic mass is 9.67. The number of hydrogen-bond donors (Lipinski definition) is 2. The molecule has 0 bridgehead atoms. The van der Waals surface area contributed by atoms with Gasteiger partial charge in [-0.05, 0) is 29.5 Å². The lowest BCUT2D eigenvalue weighted by Gasteiger charge is -2.37. The van der Waals surface area contributed by atoms with Crippen LogP contribution in [0.15, 0.2) is 91.0 Å². The molecule has 3 rings (SSSR count). The maximum Gasteiger partial charge on any atom is 0.101 e. The Hall–Kier alpha value is -2.56. The number of aliphatic hydroxyl groups excluding tert-OH is 2. The van der Waals surface area contributed by atoms with Crippen LogP contribution in [0.25, 0.3) is 0 Å². The van der Waals surface area contributed by atoms with Gasteiger partial charge < -0.3 is 33.9 Å². The normalized spacial score (nSPS) is 11.6. The van der Waals surface area contributed by atoms with Crippen molar-refractivity contribution in [3.05, 3.63) is 108 Å². The van der Waals surface area contributed by atoms with E-state index in [0.29, 0.717) is 6.42 Å². The second kappa shape index (κ2) is 18.0. The molecule has 3 aromatic rings. The van der Waals surface area contributed by atoms with E-state index in [9.17, 15) is 10.0 Å². The molecule has 0 fully saturated rings. The maximum absolute atomic E-state index is 10.7. The summed E-state index contributed by atoms with van der Waals surface area (Å²) in [6.07, 6.45) is 1.34. The number of hydrogen-bond acceptors (Lipinski definition) is 5. The molecule has 8 heteroatoms. The third-order valence-electron chi connectivity index (χ3n) is 6.29. The van der Waals surface area contributed by atoms with Gasteiger partial charge in [-0.15, -0.1) is 0 Å². The van der Waals surface area contributed by atoms with Crippen LogP contribution in [0.1, 0.15) is 29.5 Å². The lowest BCUT2D eigenvalue weighted by molar-refractivity contribution is -0.870. The van der Waals surface area contributed by atoms with Gasteiger partial charge >= 0.3 is 0 Å². The van der Waals surface area contributed by atoms with E-state index in [1.807, 2.05) is 54.6 Å². The molecular formula is C32H49BN2O5. The van der Waals surface area contributed by atoms with Gasteiger partial charge in [-0.1, -0.05) is 91.0 Å². The Balaban J connectivity index is 0.000000473. The van der Waals surface area contributed by atoms with Gasteiger partial charge in [-0.3, -0.25) is 0 Å². The summed E-state index contributed by atoms with van der Waals surface area (Å²) in [5.74, 6) is 0. The summed E-state index contributed by atoms with van der Waals surface area (Å²) < 4.78 is 6.42. The Morgan fingerprint density at radius 3 is 1.18 bits per heavy atom. The van der Waals surface area contributed by atoms with Crippen molar-refractivity contribution in [3.8, 4) is 0 Å². The first-order valence-corrected chi connectivity index (χ1v) is 13.8. The fourth-order valence-electron chi connectivity index (χ4n) is 4.22. The van der Waals surface area contributed by atoms with Gasteiger partial charge in [0.15, 0.2) is 0 Å². The molecule has 0 radical (unpaired) electrons. The van der Waals surface area contributed by atoms with Crippen molar-refractivity contribution < 1.29 is 33.9 Å². The highest BCUT2D eigenvalue weighted by molar-refractivity contribution is 6.28. The molecule has 40 heavy (non-hydrogen) atoms. The minimum Gasteiger partial charge on any atom is -0.871 e. The molecule has 0 saturated heterocycles. The van der Waals surface area contributed by atoms with E-state index in [0.717, 1.165) is 28.5 Å². The molecule has 220 valence electrons. The van der Waals surface area contributed by atoms with E-state index in [1.165, 1.54) is 16.7 Å². The summed E-state index contributed by atoms with van der Waals surface area (Å²) >= 11 is 0. The van der Waals surface area contributed by atoms with Crippen molar-refractivity contribution in [3.63, 3.8) is 0 Å². The van der Waals surface area contributed by atoms with Crippen LogP contribution in [0.2, 0.25) is 0 Å². The Morgan fingerprint density at radius 2 is 0.950 bits per heavy atom. The summed E-state index contributed by atoms with van der Waals surface area (Å²) in [6, 6.07) is 31.0. The predicted molar refractivity (Wildman–Crippen MR) is 160 cm³/mol. The first-order valence-electron chi connectivity index (χ1n) is 13.8. The minimum absolute atomic E-state index is 0.159. The van der Waals surface area contributed by atoms with Crippen molar-refractivity contribution >= 4 is 7.32 Å². The summed E-state index contributed by atoms with van der Waals surface area (Å²) in [7, 11) is 10.1. The largest absolute Gasteiger partial charge is 0.871 e. The number of benzene rings is 3. The Morgan fingerprint density at radius 1 is 0.625 bits per heavy atom. The number of likely N-dealkylation sites (N-methyl/N-ethyl adjacent to an activating group) is 2. The fourth-order valence-corrected chi connectivity index (χ4v) is 4.22. The highest BCUT2D eigenvalue weighted by Gasteiger charge is 2.35. The molecule has 0 unspecified atom stereocenters. The molecule has 2 N–H and O–H groups in total. The van der Waals surface area contributed by atoms with Gasteiger partial charge in [0.25, 0.3) is 0 Å². The summed E-state index contributed by atoms with van der Waals surface area (Å²) in [6.45, 7) is 2.39. The zero-order chi connectivity index (χ0) is 30.1. The molecule has 0 aromatic heterocycles. The third kappa shape index (κ3) is 13.7. The van der Waals surface area contributed by atoms with Gasteiger partial charge in [0, 0.05) is 12.0 Å². The van der Waals surface area contributed by atoms with E-state index in [-0.39, 0.29) is 25.2 Å². The van der Waals surface area contributed by atoms with Crippen LogP contribution in [0, 0.1) is 0 Å². The zero-order valence-electron chi connectivity index (χ0n) is 25.2. The number of rotatable bonds is 12. The average Bonchev–Trinajstić information content (AvgIpc) is 2.90. The highest BCUT2D eigenvalue weighted by atomic mass is 16.6. The number of aliphatic hydroxyl groups is 2. The average molecular weight is 553 g/mol. The fraction of sp³-hybridized carbons (Fsp3) is 0.438. The monoisotopic (exact) mass is 552 g/mol. The van der Waals surface area contributed by atoms with Crippen molar-refractivity contribution in [1.29, 1.82) is 0 Å². The quantitative estimate of drug-likeness (QED) is 0.155. The first-order chi connectivity index (χ1) is 18.9. The molecule has 0 atom stereocenters. The van der Waals surface area contributed by atoms with E-state index >= 15 is 0 Å². The smallest absolute Gasteiger partial charge is 0.101 e. The van der Waals surface area contributed by atoms with Gasteiger partial charge in [-0.25, -0.2) is 0 Å². The molecule has 0 aliphatic rings. The van der Waals surface area contributed by atoms with Crippen LogP contribution < -0.4 is 10.0 Å². The van der Waals surface area contributed by atoms with E-state index in [4.69, 9.17) is 14.9 Å². The molecule has 0 heterocycles. The van der Waals surface area contributed by atoms with Gasteiger partial charge in [0.1, 0.15) is 13.1 Å². The van der Waals surface area contributed by atoms with Crippen molar-refractivity contribution in [2.24, 2.45) is 0 Å². The van der Waals surface area contributed by atoms with Crippen molar-refractivity contribution in [1.82, 2.24) is 0 Å². The van der Waals surface area contributed by atoms with E-state index in [1.54, 1.807) is 0 Å². The van der Waals surface area contributed by atoms with E-state index in [2.05, 4.69) is 78.7 Å². The highest BCUT2D eigenvalue weighted by Crippen LogP contribution is 2.42. The Kier molecular flexibility index (Phi) is 16.0. The van der Waals surface area contributed by atoms with Crippen LogP contribution >= 0.6 is 0 Å². The lowest BCUT2D eigenvalue weighted by Crippen LogP contribution is -2.48. The van der Waals surface area contributed by atoms with Gasteiger partial charge in [0.2, 0.25) is 0 Å². The van der Waals surface area contributed by atoms with E-state index < -0.39 is 7.32 Å².